The van der Waals surface area contributed by atoms with Gasteiger partial charge in [-0.25, -0.2) is 14.2 Å². The molecule has 0 radical (unpaired) electrons. The predicted molar refractivity (Wildman–Crippen MR) is 151 cm³/mol. The Bertz CT molecular complexity index is 1370. The lowest BCUT2D eigenvalue weighted by Crippen LogP contribution is -2.30. The van der Waals surface area contributed by atoms with Gasteiger partial charge in [-0.3, -0.25) is 9.69 Å². The number of aliphatic carboxylic acids is 1. The minimum absolute atomic E-state index is 0.153. The smallest absolute Gasteiger partial charge is 0.343 e. The van der Waals surface area contributed by atoms with Crippen molar-refractivity contribution in [2.75, 3.05) is 13.7 Å². The zero-order chi connectivity index (χ0) is 29.0. The number of aromatic nitrogens is 1. The fourth-order valence-electron chi connectivity index (χ4n) is 5.26. The highest BCUT2D eigenvalue weighted by Gasteiger charge is 2.38. The molecule has 0 bridgehead atoms. The van der Waals surface area contributed by atoms with Gasteiger partial charge in [-0.15, -0.1) is 0 Å². The summed E-state index contributed by atoms with van der Waals surface area (Å²) < 4.78 is 25.9. The lowest BCUT2D eigenvalue weighted by atomic mass is 9.83. The second kappa shape index (κ2) is 12.6. The molecule has 0 unspecified atom stereocenters. The number of rotatable bonds is 12. The zero-order valence-corrected chi connectivity index (χ0v) is 23.7. The largest absolute Gasteiger partial charge is 0.481 e. The van der Waals surface area contributed by atoms with Crippen LogP contribution in [0.15, 0.2) is 54.7 Å². The van der Waals surface area contributed by atoms with E-state index in [4.69, 9.17) is 9.47 Å². The highest BCUT2D eigenvalue weighted by atomic mass is 19.1. The Labute approximate surface area is 235 Å². The SMILES string of the molecule is CCN(Cc1cc(OC(=O)c2cccc([C@H](C3CC3)[C@H](C)C(=O)O)c2)ccc1-c1cc(OC)ncc1F)C(C)C. The van der Waals surface area contributed by atoms with E-state index >= 15 is 0 Å². The lowest BCUT2D eigenvalue weighted by molar-refractivity contribution is -0.142. The van der Waals surface area contributed by atoms with Gasteiger partial charge in [0.05, 0.1) is 24.8 Å². The summed E-state index contributed by atoms with van der Waals surface area (Å²) in [7, 11) is 1.48. The maximum absolute atomic E-state index is 14.9. The molecule has 4 rings (SSSR count). The average Bonchev–Trinajstić information content (AvgIpc) is 3.77. The first-order valence-electron chi connectivity index (χ1n) is 13.7. The zero-order valence-electron chi connectivity index (χ0n) is 23.7. The molecule has 1 saturated carbocycles. The topological polar surface area (TPSA) is 89.0 Å². The molecule has 0 saturated heterocycles. The molecule has 1 aliphatic rings. The number of carboxylic acids is 1. The number of carbonyl (C=O) groups is 2. The number of ether oxygens (including phenoxy) is 2. The van der Waals surface area contributed by atoms with Crippen LogP contribution in [0.5, 0.6) is 11.6 Å². The summed E-state index contributed by atoms with van der Waals surface area (Å²) in [5, 5.41) is 9.63. The van der Waals surface area contributed by atoms with Gasteiger partial charge in [-0.2, -0.15) is 0 Å². The number of pyridine rings is 1. The predicted octanol–water partition coefficient (Wildman–Crippen LogP) is 6.56. The summed E-state index contributed by atoms with van der Waals surface area (Å²) in [4.78, 5) is 31.2. The molecule has 8 heteroatoms. The number of nitrogens with zero attached hydrogens (tertiary/aromatic N) is 2. The van der Waals surface area contributed by atoms with Crippen LogP contribution >= 0.6 is 0 Å². The molecule has 1 N–H and O–H groups in total. The quantitative estimate of drug-likeness (QED) is 0.203. The Morgan fingerprint density at radius 2 is 1.85 bits per heavy atom. The van der Waals surface area contributed by atoms with E-state index in [1.807, 2.05) is 6.07 Å². The summed E-state index contributed by atoms with van der Waals surface area (Å²) in [6.07, 6.45) is 3.11. The van der Waals surface area contributed by atoms with Crippen molar-refractivity contribution in [3.05, 3.63) is 77.2 Å². The molecule has 7 nitrogen and oxygen atoms in total. The molecule has 0 spiro atoms. The van der Waals surface area contributed by atoms with Gasteiger partial charge in [0.1, 0.15) is 11.6 Å². The second-order valence-corrected chi connectivity index (χ2v) is 10.7. The minimum atomic E-state index is -0.844. The van der Waals surface area contributed by atoms with Crippen molar-refractivity contribution in [1.29, 1.82) is 0 Å². The fraction of sp³-hybridized carbons (Fsp3) is 0.406. The number of methoxy groups -OCH3 is 1. The molecule has 212 valence electrons. The fourth-order valence-corrected chi connectivity index (χ4v) is 5.26. The van der Waals surface area contributed by atoms with Crippen LogP contribution in [0, 0.1) is 17.7 Å². The van der Waals surface area contributed by atoms with E-state index in [-0.39, 0.29) is 12.0 Å². The molecular formula is C32H37FN2O5. The molecule has 2 aromatic carbocycles. The Morgan fingerprint density at radius 1 is 1.10 bits per heavy atom. The molecule has 1 heterocycles. The first kappa shape index (κ1) is 29.2. The number of hydrogen-bond acceptors (Lipinski definition) is 6. The van der Waals surface area contributed by atoms with E-state index in [0.717, 1.165) is 36.7 Å². The van der Waals surface area contributed by atoms with Crippen LogP contribution in [-0.4, -0.2) is 46.6 Å². The Morgan fingerprint density at radius 3 is 2.48 bits per heavy atom. The van der Waals surface area contributed by atoms with Crippen LogP contribution in [0.25, 0.3) is 11.1 Å². The first-order chi connectivity index (χ1) is 19.1. The van der Waals surface area contributed by atoms with E-state index in [1.54, 1.807) is 49.4 Å². The van der Waals surface area contributed by atoms with Gasteiger partial charge in [0.15, 0.2) is 0 Å². The van der Waals surface area contributed by atoms with Crippen molar-refractivity contribution in [1.82, 2.24) is 9.88 Å². The highest BCUT2D eigenvalue weighted by Crippen LogP contribution is 2.47. The minimum Gasteiger partial charge on any atom is -0.481 e. The maximum Gasteiger partial charge on any atom is 0.343 e. The summed E-state index contributed by atoms with van der Waals surface area (Å²) in [6.45, 7) is 9.27. The molecule has 40 heavy (non-hydrogen) atoms. The molecule has 1 aliphatic carbocycles. The van der Waals surface area contributed by atoms with E-state index < -0.39 is 23.7 Å². The van der Waals surface area contributed by atoms with E-state index in [1.165, 1.54) is 7.11 Å². The normalized spacial score (nSPS) is 14.7. The second-order valence-electron chi connectivity index (χ2n) is 10.7. The van der Waals surface area contributed by atoms with Gasteiger partial charge in [0, 0.05) is 24.2 Å². The number of benzene rings is 2. The van der Waals surface area contributed by atoms with Crippen LogP contribution in [0.1, 0.15) is 67.9 Å². The lowest BCUT2D eigenvalue weighted by Gasteiger charge is -2.26. The van der Waals surface area contributed by atoms with Crippen LogP contribution in [0.3, 0.4) is 0 Å². The van der Waals surface area contributed by atoms with Gasteiger partial charge in [-0.1, -0.05) is 32.0 Å². The summed E-state index contributed by atoms with van der Waals surface area (Å²) in [5.41, 5.74) is 3.00. The molecular weight excluding hydrogens is 511 g/mol. The Hall–Kier alpha value is -3.78. The van der Waals surface area contributed by atoms with E-state index in [2.05, 4.69) is 30.7 Å². The number of carbonyl (C=O) groups excluding carboxylic acids is 1. The van der Waals surface area contributed by atoms with Gasteiger partial charge in [0.25, 0.3) is 0 Å². The van der Waals surface area contributed by atoms with Crippen LogP contribution < -0.4 is 9.47 Å². The highest BCUT2D eigenvalue weighted by molar-refractivity contribution is 5.91. The third-order valence-electron chi connectivity index (χ3n) is 7.69. The van der Waals surface area contributed by atoms with Crippen molar-refractivity contribution >= 4 is 11.9 Å². The molecule has 0 aliphatic heterocycles. The molecule has 0 amide bonds. The van der Waals surface area contributed by atoms with Gasteiger partial charge in [0.2, 0.25) is 5.88 Å². The third-order valence-corrected chi connectivity index (χ3v) is 7.69. The van der Waals surface area contributed by atoms with Crippen molar-refractivity contribution in [3.8, 4) is 22.8 Å². The third kappa shape index (κ3) is 6.67. The molecule has 3 aromatic rings. The van der Waals surface area contributed by atoms with Crippen molar-refractivity contribution in [2.45, 2.75) is 59.0 Å². The Balaban J connectivity index is 1.65. The summed E-state index contributed by atoms with van der Waals surface area (Å²) in [5.74, 6) is -1.61. The van der Waals surface area contributed by atoms with Gasteiger partial charge < -0.3 is 14.6 Å². The van der Waals surface area contributed by atoms with Crippen LogP contribution in [0.2, 0.25) is 0 Å². The van der Waals surface area contributed by atoms with Gasteiger partial charge in [-0.05, 0) is 86.0 Å². The molecule has 2 atom stereocenters. The molecule has 1 fully saturated rings. The van der Waals surface area contributed by atoms with E-state index in [0.29, 0.717) is 40.8 Å². The number of hydrogen-bond donors (Lipinski definition) is 1. The van der Waals surface area contributed by atoms with Gasteiger partial charge >= 0.3 is 11.9 Å². The number of carboxylic acid groups (broad SMARTS) is 1. The van der Waals surface area contributed by atoms with Crippen molar-refractivity contribution < 1.29 is 28.6 Å². The standard InChI is InChI=1S/C32H37FN2O5/c1-6-35(19(2)3)18-24-15-25(12-13-26(24)27-16-29(39-5)34-17-28(27)33)40-32(38)23-9-7-8-22(14-23)30(21-10-11-21)20(4)31(36)37/h7-9,12-17,19-21,30H,6,10-11,18H2,1-5H3,(H,36,37)/t20-,30-/m0/s1. The van der Waals surface area contributed by atoms with Crippen LogP contribution in [-0.2, 0) is 11.3 Å². The summed E-state index contributed by atoms with van der Waals surface area (Å²) >= 11 is 0. The first-order valence-corrected chi connectivity index (χ1v) is 13.7. The Kier molecular flexibility index (Phi) is 9.20. The van der Waals surface area contributed by atoms with Crippen molar-refractivity contribution in [2.24, 2.45) is 11.8 Å². The van der Waals surface area contributed by atoms with E-state index in [9.17, 15) is 19.1 Å². The van der Waals surface area contributed by atoms with Crippen molar-refractivity contribution in [3.63, 3.8) is 0 Å². The maximum atomic E-state index is 14.9. The van der Waals surface area contributed by atoms with Crippen LogP contribution in [0.4, 0.5) is 4.39 Å². The average molecular weight is 549 g/mol. The monoisotopic (exact) mass is 548 g/mol. The number of esters is 1. The summed E-state index contributed by atoms with van der Waals surface area (Å²) in [6, 6.07) is 14.1. The molecule has 1 aromatic heterocycles. The number of halogens is 1.